The number of rotatable bonds is 36. The molecule has 0 bridgehead atoms. The molecule has 11 aliphatic rings. The SMILES string of the molecule is CC(=O)N[C@H]1[C@H](O[C@H]2[C@H](O)[C@@H](NC(C)=O)C(O)O[C@@H]2CO)O[C@H](CO)[C@@H](O[C@@H]2O[C@H](CO[C@H]3O[C@H](CO)[C@@H](O)[C@H](O)[C@@H]3O[C@@H]3O[C@H](CO)[C@@H](O[C@@H]4O[C@H](CO)[C@H](O)[C@H](O)[C@H]4O)[C@H](O)[C@H]3NC(C)=O)[C@@H](O[C@@H]3O[C@H](CO)[C@@H](O)[C@H](O)[C@H]3NC(C)=O)[C@H](O[C@H]3O[C@H](CO)[C@@H](O)[C@H](O)[C@@H]3O[C@@H]3O[C@H](CO)[C@@H](O[C@@H]4O[C@H](CO)[C@H](O)[C@H](O[C@H]5O[C@H](CO)[C@H](O)[C@H](O)[C@H]5O)[C@H]4O)[C@H](O)[C@H]3NC(C)=O)[C@@H]2O)[C@@H]1O. The van der Waals surface area contributed by atoms with Gasteiger partial charge in [-0.25, -0.2) is 0 Å². The van der Waals surface area contributed by atoms with Crippen molar-refractivity contribution in [1.82, 2.24) is 26.6 Å². The lowest BCUT2D eigenvalue weighted by molar-refractivity contribution is -0.409. The number of nitrogens with one attached hydrogen (secondary N) is 5. The average molecular weight is 2010 g/mol. The van der Waals surface area contributed by atoms with Gasteiger partial charge in [0.15, 0.2) is 69.2 Å². The maximum atomic E-state index is 13.5. The number of hydrogen-bond donors (Lipinski definition) is 35. The monoisotopic (exact) mass is 2010 g/mol. The van der Waals surface area contributed by atoms with Crippen LogP contribution >= 0.6 is 0 Å². The highest BCUT2D eigenvalue weighted by Crippen LogP contribution is 2.43. The Morgan fingerprint density at radius 1 is 0.190 bits per heavy atom. The molecule has 137 heavy (non-hydrogen) atoms. The highest BCUT2D eigenvalue weighted by Gasteiger charge is 2.64. The standard InChI is InChI=1S/C76H127N5O56/c1-17(92)77-33-45(104)57(28(12-88)118-66(33)116)129-68-35(79-19(3)94)46(105)60(30(14-90)125-68)132-74-56(115)63(135-76-65(52(111)42(101)26(10-86)124-76)137-70-37(81-21(5)96)48(107)59(31(15-91)127-70)131-73-55(114)62(43(102)27(11-87)122-73)134-72-54(113)50(109)40(99)24(8-84)121-72)61(133-67-34(78-18(2)93)44(103)38(97)22(6-82)119-67)32(128-74)16-117-75-64(51(110)41(100)25(9-85)123-75)136-69-36(80-20(4)95)47(106)58(29(13-89)126-69)130-71-53(112)49(108)39(98)23(7-83)120-71/h22-76,82-91,97-116H,6-16H2,1-5H3,(H,77,92)(H,78,93)(H,79,94)(H,80,95)(H,81,96)/t22-,23-,24-,25-,26-,27-,28-,29-,30-,31-,32-,33-,34-,35-,36-,37-,38-,39+,40+,41-,42-,43+,44-,45-,46-,47-,48-,49+,50+,51+,52+,53-,54-,55-,56+,57-,58-,59-,60-,61-,62+,63-,64+,65+,66?,67+,68+,69+,70+,71+,72-,73+,74+,75+,76-/m1/s1. The van der Waals surface area contributed by atoms with Crippen LogP contribution in [-0.2, 0) is 123 Å². The van der Waals surface area contributed by atoms with Crippen molar-refractivity contribution in [3.8, 4) is 0 Å². The zero-order chi connectivity index (χ0) is 101. The fourth-order valence-electron chi connectivity index (χ4n) is 17.8. The molecule has 61 nitrogen and oxygen atoms in total. The fourth-order valence-corrected chi connectivity index (χ4v) is 17.8. The fraction of sp³-hybridized carbons (Fsp3) is 0.934. The summed E-state index contributed by atoms with van der Waals surface area (Å²) in [6, 6.07) is -10.0. The molecule has 0 spiro atoms. The van der Waals surface area contributed by atoms with Gasteiger partial charge in [-0.3, -0.25) is 24.0 Å². The van der Waals surface area contributed by atoms with Crippen molar-refractivity contribution in [3.63, 3.8) is 0 Å². The Hall–Kier alpha value is -4.69. The van der Waals surface area contributed by atoms with Gasteiger partial charge in [0, 0.05) is 34.6 Å². The second kappa shape index (κ2) is 49.5. The molecule has 11 heterocycles. The molecule has 0 aliphatic carbocycles. The maximum absolute atomic E-state index is 13.5. The number of ether oxygens (including phenoxy) is 21. The minimum Gasteiger partial charge on any atom is -0.394 e. The van der Waals surface area contributed by atoms with Crippen molar-refractivity contribution in [3.05, 3.63) is 0 Å². The first-order valence-electron chi connectivity index (χ1n) is 43.7. The molecule has 11 saturated heterocycles. The first kappa shape index (κ1) is 113. The third kappa shape index (κ3) is 25.0. The van der Waals surface area contributed by atoms with Crippen LogP contribution in [0.2, 0.25) is 0 Å². The van der Waals surface area contributed by atoms with Gasteiger partial charge in [0.2, 0.25) is 29.5 Å². The Morgan fingerprint density at radius 2 is 0.416 bits per heavy atom. The van der Waals surface area contributed by atoms with Gasteiger partial charge in [0.1, 0.15) is 268 Å². The van der Waals surface area contributed by atoms with Crippen molar-refractivity contribution in [1.29, 1.82) is 0 Å². The second-order valence-corrected chi connectivity index (χ2v) is 34.5. The zero-order valence-corrected chi connectivity index (χ0v) is 73.6. The minimum absolute atomic E-state index is 0.838. The van der Waals surface area contributed by atoms with Crippen LogP contribution in [0.1, 0.15) is 34.6 Å². The average Bonchev–Trinajstić information content (AvgIpc) is 0.798. The lowest BCUT2D eigenvalue weighted by atomic mass is 9.93. The van der Waals surface area contributed by atoms with Crippen LogP contribution in [-0.4, -0.2) is 593 Å². The Labute approximate surface area is 775 Å². The van der Waals surface area contributed by atoms with Crippen LogP contribution in [0.15, 0.2) is 0 Å². The molecule has 11 fully saturated rings. The van der Waals surface area contributed by atoms with Gasteiger partial charge < -0.3 is 279 Å². The molecule has 0 aromatic heterocycles. The van der Waals surface area contributed by atoms with Crippen LogP contribution in [0.4, 0.5) is 0 Å². The van der Waals surface area contributed by atoms with Gasteiger partial charge >= 0.3 is 0 Å². The normalized spacial score (nSPS) is 48.9. The van der Waals surface area contributed by atoms with Gasteiger partial charge in [-0.2, -0.15) is 0 Å². The Morgan fingerprint density at radius 3 is 0.774 bits per heavy atom. The number of aliphatic hydroxyl groups excluding tert-OH is 30. The van der Waals surface area contributed by atoms with E-state index in [1.54, 1.807) is 0 Å². The zero-order valence-electron chi connectivity index (χ0n) is 73.6. The minimum atomic E-state index is -2.82. The Bertz CT molecular complexity index is 3780. The smallest absolute Gasteiger partial charge is 0.217 e. The van der Waals surface area contributed by atoms with Crippen molar-refractivity contribution in [2.24, 2.45) is 0 Å². The number of amides is 5. The molecule has 0 aromatic rings. The summed E-state index contributed by atoms with van der Waals surface area (Å²) in [5.41, 5.74) is 0. The molecule has 55 atom stereocenters. The summed E-state index contributed by atoms with van der Waals surface area (Å²) in [6.07, 6.45) is -110. The largest absolute Gasteiger partial charge is 0.394 e. The van der Waals surface area contributed by atoms with E-state index in [-0.39, 0.29) is 0 Å². The van der Waals surface area contributed by atoms with Crippen LogP contribution in [0, 0.1) is 0 Å². The van der Waals surface area contributed by atoms with Gasteiger partial charge in [0.05, 0.1) is 72.7 Å². The highest BCUT2D eigenvalue weighted by molar-refractivity contribution is 5.75. The molecule has 11 rings (SSSR count). The van der Waals surface area contributed by atoms with Crippen LogP contribution in [0.25, 0.3) is 0 Å². The van der Waals surface area contributed by atoms with Crippen LogP contribution < -0.4 is 26.6 Å². The summed E-state index contributed by atoms with van der Waals surface area (Å²) < 4.78 is 127. The van der Waals surface area contributed by atoms with E-state index in [0.29, 0.717) is 0 Å². The molecule has 0 saturated carbocycles. The molecule has 0 radical (unpaired) electrons. The molecular formula is C76H127N5O56. The first-order valence-corrected chi connectivity index (χ1v) is 43.7. The summed E-state index contributed by atoms with van der Waals surface area (Å²) in [6.45, 7) is -8.63. The second-order valence-electron chi connectivity index (χ2n) is 34.5. The third-order valence-electron chi connectivity index (χ3n) is 25.0. The van der Waals surface area contributed by atoms with Crippen molar-refractivity contribution >= 4 is 29.5 Å². The molecule has 11 aliphatic heterocycles. The molecule has 35 N–H and O–H groups in total. The lowest BCUT2D eigenvalue weighted by Gasteiger charge is -2.52. The highest BCUT2D eigenvalue weighted by atomic mass is 16.8. The number of carbonyl (C=O) groups is 5. The summed E-state index contributed by atoms with van der Waals surface area (Å²) in [5, 5.41) is 350. The lowest BCUT2D eigenvalue weighted by Crippen LogP contribution is -2.71. The van der Waals surface area contributed by atoms with Crippen LogP contribution in [0.5, 0.6) is 0 Å². The third-order valence-corrected chi connectivity index (χ3v) is 25.0. The summed E-state index contributed by atoms with van der Waals surface area (Å²) >= 11 is 0. The molecule has 1 unspecified atom stereocenters. The van der Waals surface area contributed by atoms with Crippen molar-refractivity contribution < 1.29 is 277 Å². The van der Waals surface area contributed by atoms with E-state index in [0.717, 1.165) is 34.6 Å². The summed E-state index contributed by atoms with van der Waals surface area (Å²) in [5.74, 6) is -4.97. The number of carbonyl (C=O) groups excluding carboxylic acids is 5. The topological polar surface area (TPSA) is 946 Å². The van der Waals surface area contributed by atoms with E-state index in [4.69, 9.17) is 99.5 Å². The van der Waals surface area contributed by atoms with E-state index in [1.807, 2.05) is 0 Å². The maximum Gasteiger partial charge on any atom is 0.217 e. The molecule has 792 valence electrons. The van der Waals surface area contributed by atoms with E-state index < -0.39 is 440 Å². The Balaban J connectivity index is 1.00. The van der Waals surface area contributed by atoms with E-state index in [2.05, 4.69) is 26.6 Å². The van der Waals surface area contributed by atoms with Gasteiger partial charge in [-0.1, -0.05) is 0 Å². The van der Waals surface area contributed by atoms with Crippen LogP contribution in [0.3, 0.4) is 0 Å². The predicted octanol–water partition coefficient (Wildman–Crippen LogP) is -24.3. The Kier molecular flexibility index (Phi) is 40.7. The van der Waals surface area contributed by atoms with E-state index in [9.17, 15) is 177 Å². The van der Waals surface area contributed by atoms with E-state index >= 15 is 0 Å². The van der Waals surface area contributed by atoms with Crippen molar-refractivity contribution in [2.75, 3.05) is 72.7 Å². The number of hydrogen-bond acceptors (Lipinski definition) is 56. The molecular weight excluding hydrogens is 1880 g/mol. The summed E-state index contributed by atoms with van der Waals surface area (Å²) in [7, 11) is 0. The predicted molar refractivity (Wildman–Crippen MR) is 420 cm³/mol. The molecule has 5 amide bonds. The van der Waals surface area contributed by atoms with Gasteiger partial charge in [0.25, 0.3) is 0 Å². The first-order chi connectivity index (χ1) is 64.9. The van der Waals surface area contributed by atoms with Crippen molar-refractivity contribution in [2.45, 2.75) is 372 Å². The summed E-state index contributed by atoms with van der Waals surface area (Å²) in [4.78, 5) is 65.5. The van der Waals surface area contributed by atoms with E-state index in [1.165, 1.54) is 0 Å². The quantitative estimate of drug-likeness (QED) is 0.0277. The molecule has 0 aromatic carbocycles. The van der Waals surface area contributed by atoms with Gasteiger partial charge in [-0.15, -0.1) is 0 Å². The number of aliphatic hydroxyl groups is 30. The molecule has 61 heteroatoms. The van der Waals surface area contributed by atoms with Gasteiger partial charge in [-0.05, 0) is 0 Å².